The van der Waals surface area contributed by atoms with Crippen LogP contribution in [0.3, 0.4) is 0 Å². The van der Waals surface area contributed by atoms with E-state index in [4.69, 9.17) is 4.74 Å². The van der Waals surface area contributed by atoms with E-state index in [-0.39, 0.29) is 34.3 Å². The van der Waals surface area contributed by atoms with Crippen molar-refractivity contribution in [2.45, 2.75) is 58.9 Å². The number of carbonyl (C=O) groups excluding carboxylic acids is 2. The summed E-state index contributed by atoms with van der Waals surface area (Å²) in [7, 11) is 0. The van der Waals surface area contributed by atoms with Crippen molar-refractivity contribution in [2.24, 2.45) is 5.92 Å². The lowest BCUT2D eigenvalue weighted by molar-refractivity contribution is -0.131. The van der Waals surface area contributed by atoms with Crippen molar-refractivity contribution in [3.63, 3.8) is 0 Å². The summed E-state index contributed by atoms with van der Waals surface area (Å²) in [6.07, 6.45) is 0.322. The van der Waals surface area contributed by atoms with Crippen LogP contribution in [0.25, 0.3) is 0 Å². The number of hydrogen-bond acceptors (Lipinski definition) is 5. The number of Topliss-reactive ketones (excluding diaryl/α,β-unsaturated/α-hetero) is 1. The van der Waals surface area contributed by atoms with Crippen molar-refractivity contribution in [2.75, 3.05) is 5.32 Å². The van der Waals surface area contributed by atoms with Crippen LogP contribution in [0.15, 0.2) is 30.5 Å². The van der Waals surface area contributed by atoms with Crippen LogP contribution >= 0.6 is 0 Å². The number of aromatic nitrogens is 1. The third-order valence-electron chi connectivity index (χ3n) is 5.98. The normalized spacial score (nSPS) is 22.1. The van der Waals surface area contributed by atoms with Gasteiger partial charge in [-0.3, -0.25) is 14.6 Å². The molecule has 0 saturated carbocycles. The number of amides is 1. The highest BCUT2D eigenvalue weighted by molar-refractivity contribution is 5.97. The molecule has 1 saturated heterocycles. The summed E-state index contributed by atoms with van der Waals surface area (Å²) in [5, 5.41) is 2.70. The topological polar surface area (TPSA) is 77.5 Å². The fourth-order valence-electron chi connectivity index (χ4n) is 3.96. The zero-order chi connectivity index (χ0) is 23.8. The molecule has 0 aliphatic carbocycles. The Bertz CT molecular complexity index is 1040. The monoisotopic (exact) mass is 450 g/mol. The molecule has 1 amide bonds. The molecular formula is C23H25F3N2O4. The Kier molecular flexibility index (Phi) is 6.59. The van der Waals surface area contributed by atoms with E-state index in [1.54, 1.807) is 13.8 Å². The van der Waals surface area contributed by atoms with E-state index >= 15 is 0 Å². The SMILES string of the molecule is CC(=O)c1cc(NC(=O)[C@H]2OC(C)(C)[C@H](C)[C@H]2c2ccc(F)c(C)c2OC(F)F)ccn1. The Morgan fingerprint density at radius 2 is 1.94 bits per heavy atom. The second-order valence-corrected chi connectivity index (χ2v) is 8.40. The predicted molar refractivity (Wildman–Crippen MR) is 111 cm³/mol. The standard InChI is InChI=1S/C23H25F3N2O4/c1-11-16(24)7-6-15(19(11)31-22(25)26)18-12(2)23(4,5)32-20(18)21(30)28-14-8-9-27-17(10-14)13(3)29/h6-10,12,18,20,22H,1-5H3,(H,27,28,30)/t12-,18+,20+/m1/s1. The molecule has 1 aromatic carbocycles. The van der Waals surface area contributed by atoms with E-state index in [1.807, 2.05) is 6.92 Å². The second kappa shape index (κ2) is 8.90. The lowest BCUT2D eigenvalue weighted by atomic mass is 9.77. The van der Waals surface area contributed by atoms with Crippen LogP contribution in [0.4, 0.5) is 18.9 Å². The first kappa shape index (κ1) is 23.7. The predicted octanol–water partition coefficient (Wildman–Crippen LogP) is 4.87. The highest BCUT2D eigenvalue weighted by Crippen LogP contribution is 2.49. The highest BCUT2D eigenvalue weighted by atomic mass is 19.3. The van der Waals surface area contributed by atoms with Gasteiger partial charge in [0, 0.05) is 35.9 Å². The first-order valence-corrected chi connectivity index (χ1v) is 10.1. The van der Waals surface area contributed by atoms with Crippen LogP contribution in [0.1, 0.15) is 55.2 Å². The summed E-state index contributed by atoms with van der Waals surface area (Å²) in [6, 6.07) is 5.48. The van der Waals surface area contributed by atoms with E-state index in [9.17, 15) is 22.8 Å². The number of rotatable bonds is 6. The number of ether oxygens (including phenoxy) is 2. The molecule has 0 unspecified atom stereocenters. The number of halogens is 3. The molecule has 0 radical (unpaired) electrons. The molecule has 6 nitrogen and oxygen atoms in total. The van der Waals surface area contributed by atoms with Crippen molar-refractivity contribution in [3.8, 4) is 5.75 Å². The van der Waals surface area contributed by atoms with Crippen molar-refractivity contribution < 1.29 is 32.2 Å². The van der Waals surface area contributed by atoms with E-state index in [0.717, 1.165) is 6.07 Å². The number of nitrogens with one attached hydrogen (secondary N) is 1. The number of alkyl halides is 2. The van der Waals surface area contributed by atoms with E-state index in [1.165, 1.54) is 38.2 Å². The van der Waals surface area contributed by atoms with Crippen molar-refractivity contribution in [1.29, 1.82) is 0 Å². The summed E-state index contributed by atoms with van der Waals surface area (Å²) in [6.45, 7) is 4.97. The average Bonchev–Trinajstić information content (AvgIpc) is 2.95. The molecule has 1 aromatic heterocycles. The number of hydrogen-bond donors (Lipinski definition) is 1. The Balaban J connectivity index is 2.01. The summed E-state index contributed by atoms with van der Waals surface area (Å²) in [4.78, 5) is 28.7. The second-order valence-electron chi connectivity index (χ2n) is 8.40. The number of benzene rings is 1. The van der Waals surface area contributed by atoms with Crippen LogP contribution < -0.4 is 10.1 Å². The first-order chi connectivity index (χ1) is 14.9. The van der Waals surface area contributed by atoms with Gasteiger partial charge in [-0.2, -0.15) is 8.78 Å². The fraction of sp³-hybridized carbons (Fsp3) is 0.435. The van der Waals surface area contributed by atoms with Gasteiger partial charge in [-0.25, -0.2) is 4.39 Å². The van der Waals surface area contributed by atoms with E-state index < -0.39 is 36.0 Å². The van der Waals surface area contributed by atoms with Gasteiger partial charge in [-0.15, -0.1) is 0 Å². The molecule has 0 spiro atoms. The number of ketones is 1. The molecule has 1 fully saturated rings. The van der Waals surface area contributed by atoms with E-state index in [0.29, 0.717) is 5.69 Å². The smallest absolute Gasteiger partial charge is 0.387 e. The van der Waals surface area contributed by atoms with Crippen LogP contribution in [0.2, 0.25) is 0 Å². The lowest BCUT2D eigenvalue weighted by Crippen LogP contribution is -2.33. The average molecular weight is 450 g/mol. The van der Waals surface area contributed by atoms with Crippen LogP contribution in [0.5, 0.6) is 5.75 Å². The lowest BCUT2D eigenvalue weighted by Gasteiger charge is -2.26. The maximum absolute atomic E-state index is 14.1. The fourth-order valence-corrected chi connectivity index (χ4v) is 3.96. The van der Waals surface area contributed by atoms with Gasteiger partial charge < -0.3 is 14.8 Å². The molecule has 2 heterocycles. The van der Waals surface area contributed by atoms with Gasteiger partial charge in [-0.1, -0.05) is 13.0 Å². The third-order valence-corrected chi connectivity index (χ3v) is 5.98. The molecule has 3 atom stereocenters. The molecule has 32 heavy (non-hydrogen) atoms. The summed E-state index contributed by atoms with van der Waals surface area (Å²) in [5.41, 5.74) is -0.0584. The largest absolute Gasteiger partial charge is 0.434 e. The van der Waals surface area contributed by atoms with Gasteiger partial charge in [0.2, 0.25) is 0 Å². The van der Waals surface area contributed by atoms with Gasteiger partial charge in [-0.05, 0) is 44.9 Å². The minimum Gasteiger partial charge on any atom is -0.434 e. The molecule has 3 rings (SSSR count). The van der Waals surface area contributed by atoms with Gasteiger partial charge in [0.15, 0.2) is 5.78 Å². The van der Waals surface area contributed by atoms with E-state index in [2.05, 4.69) is 15.0 Å². The highest BCUT2D eigenvalue weighted by Gasteiger charge is 2.51. The number of anilines is 1. The maximum Gasteiger partial charge on any atom is 0.387 e. The zero-order valence-electron chi connectivity index (χ0n) is 18.4. The van der Waals surface area contributed by atoms with Crippen molar-refractivity contribution in [3.05, 3.63) is 53.1 Å². The molecule has 172 valence electrons. The van der Waals surface area contributed by atoms with Crippen LogP contribution in [-0.4, -0.2) is 35.0 Å². The molecule has 1 N–H and O–H groups in total. The molecular weight excluding hydrogens is 425 g/mol. The van der Waals surface area contributed by atoms with Crippen molar-refractivity contribution in [1.82, 2.24) is 4.98 Å². The molecule has 2 aromatic rings. The van der Waals surface area contributed by atoms with Gasteiger partial charge in [0.25, 0.3) is 5.91 Å². The Morgan fingerprint density at radius 3 is 2.56 bits per heavy atom. The van der Waals surface area contributed by atoms with Gasteiger partial charge in [0.1, 0.15) is 23.4 Å². The van der Waals surface area contributed by atoms with Crippen molar-refractivity contribution >= 4 is 17.4 Å². The molecule has 0 bridgehead atoms. The van der Waals surface area contributed by atoms with Gasteiger partial charge in [0.05, 0.1) is 5.60 Å². The van der Waals surface area contributed by atoms with Crippen LogP contribution in [0, 0.1) is 18.7 Å². The summed E-state index contributed by atoms with van der Waals surface area (Å²) >= 11 is 0. The number of pyridine rings is 1. The number of nitrogens with zero attached hydrogens (tertiary/aromatic N) is 1. The summed E-state index contributed by atoms with van der Waals surface area (Å²) < 4.78 is 51.0. The Hall–Kier alpha value is -2.94. The van der Waals surface area contributed by atoms with Gasteiger partial charge >= 0.3 is 6.61 Å². The molecule has 9 heteroatoms. The quantitative estimate of drug-likeness (QED) is 0.636. The first-order valence-electron chi connectivity index (χ1n) is 10.1. The zero-order valence-corrected chi connectivity index (χ0v) is 18.4. The molecule has 1 aliphatic rings. The van der Waals surface area contributed by atoms with Crippen LogP contribution in [-0.2, 0) is 9.53 Å². The Morgan fingerprint density at radius 1 is 1.25 bits per heavy atom. The number of carbonyl (C=O) groups is 2. The minimum atomic E-state index is -3.16. The Labute approximate surface area is 184 Å². The summed E-state index contributed by atoms with van der Waals surface area (Å²) in [5.74, 6) is -2.76. The maximum atomic E-state index is 14.1. The third kappa shape index (κ3) is 4.62. The molecule has 1 aliphatic heterocycles. The minimum absolute atomic E-state index is 0.0703.